The third kappa shape index (κ3) is 6.48. The molecule has 7 nitrogen and oxygen atoms in total. The van der Waals surface area contributed by atoms with Gasteiger partial charge in [-0.25, -0.2) is 0 Å². The Labute approximate surface area is 204 Å². The largest absolute Gasteiger partial charge is 0.484 e. The maximum atomic E-state index is 13.2. The molecule has 2 aromatic carbocycles. The van der Waals surface area contributed by atoms with Gasteiger partial charge < -0.3 is 20.3 Å². The topological polar surface area (TPSA) is 83.6 Å². The van der Waals surface area contributed by atoms with Crippen molar-refractivity contribution in [2.24, 2.45) is 0 Å². The average molecular weight is 479 g/mol. The quantitative estimate of drug-likeness (QED) is 0.491. The van der Waals surface area contributed by atoms with E-state index in [0.29, 0.717) is 28.6 Å². The first-order valence-electron chi connectivity index (χ1n) is 11.3. The zero-order valence-electron chi connectivity index (χ0n) is 18.8. The standard InChI is InChI=1S/C26H27ClN4O3/c27-20-6-9-22(10-7-20)34-18-25(32)30-21-8-11-24(31-13-2-1-3-14-31)23(15-21)26(33)29-17-19-5-4-12-28-16-19/h4-12,15-16H,1-3,13-14,17-18H2,(H,29,33)(H,30,32). The highest BCUT2D eigenvalue weighted by atomic mass is 35.5. The summed E-state index contributed by atoms with van der Waals surface area (Å²) in [5.41, 5.74) is 2.86. The van der Waals surface area contributed by atoms with Crippen LogP contribution in [-0.2, 0) is 11.3 Å². The molecule has 0 aliphatic carbocycles. The van der Waals surface area contributed by atoms with Crippen molar-refractivity contribution < 1.29 is 14.3 Å². The first kappa shape index (κ1) is 23.6. The van der Waals surface area contributed by atoms with Gasteiger partial charge in [-0.2, -0.15) is 0 Å². The molecule has 1 saturated heterocycles. The van der Waals surface area contributed by atoms with Gasteiger partial charge in [-0.1, -0.05) is 17.7 Å². The molecule has 176 valence electrons. The van der Waals surface area contributed by atoms with Gasteiger partial charge in [-0.15, -0.1) is 0 Å². The number of aromatic nitrogens is 1. The van der Waals surface area contributed by atoms with Gasteiger partial charge in [0.05, 0.1) is 5.56 Å². The molecular weight excluding hydrogens is 452 g/mol. The average Bonchev–Trinajstić information content (AvgIpc) is 2.88. The van der Waals surface area contributed by atoms with Crippen molar-refractivity contribution in [1.82, 2.24) is 10.3 Å². The fraction of sp³-hybridized carbons (Fsp3) is 0.269. The molecule has 3 aromatic rings. The number of benzene rings is 2. The van der Waals surface area contributed by atoms with Gasteiger partial charge in [-0.05, 0) is 73.4 Å². The Morgan fingerprint density at radius 3 is 2.56 bits per heavy atom. The van der Waals surface area contributed by atoms with Crippen LogP contribution in [0.15, 0.2) is 67.0 Å². The summed E-state index contributed by atoms with van der Waals surface area (Å²) in [6.45, 7) is 2.03. The predicted molar refractivity (Wildman–Crippen MR) is 133 cm³/mol. The molecule has 4 rings (SSSR count). The zero-order chi connectivity index (χ0) is 23.8. The van der Waals surface area contributed by atoms with Crippen LogP contribution in [0.1, 0.15) is 35.2 Å². The Morgan fingerprint density at radius 1 is 1.03 bits per heavy atom. The summed E-state index contributed by atoms with van der Waals surface area (Å²) >= 11 is 5.87. The van der Waals surface area contributed by atoms with E-state index in [1.807, 2.05) is 24.3 Å². The van der Waals surface area contributed by atoms with Crippen molar-refractivity contribution in [3.05, 3.63) is 83.1 Å². The highest BCUT2D eigenvalue weighted by Crippen LogP contribution is 2.27. The number of ether oxygens (including phenoxy) is 1. The van der Waals surface area contributed by atoms with Gasteiger partial charge in [0.15, 0.2) is 6.61 Å². The molecule has 2 heterocycles. The number of nitrogens with zero attached hydrogens (tertiary/aromatic N) is 2. The summed E-state index contributed by atoms with van der Waals surface area (Å²) in [5, 5.41) is 6.39. The van der Waals surface area contributed by atoms with Crippen LogP contribution in [0.5, 0.6) is 5.75 Å². The molecule has 0 atom stereocenters. The van der Waals surface area contributed by atoms with E-state index in [-0.39, 0.29) is 18.4 Å². The zero-order valence-corrected chi connectivity index (χ0v) is 19.6. The Bertz CT molecular complexity index is 1120. The van der Waals surface area contributed by atoms with Crippen molar-refractivity contribution >= 4 is 34.8 Å². The monoisotopic (exact) mass is 478 g/mol. The highest BCUT2D eigenvalue weighted by Gasteiger charge is 2.20. The number of carbonyl (C=O) groups is 2. The second-order valence-electron chi connectivity index (χ2n) is 8.11. The van der Waals surface area contributed by atoms with E-state index in [4.69, 9.17) is 16.3 Å². The molecule has 1 aliphatic heterocycles. The number of pyridine rings is 1. The summed E-state index contributed by atoms with van der Waals surface area (Å²) in [7, 11) is 0. The molecular formula is C26H27ClN4O3. The van der Waals surface area contributed by atoms with Crippen LogP contribution in [0.25, 0.3) is 0 Å². The van der Waals surface area contributed by atoms with Crippen LogP contribution in [0.3, 0.4) is 0 Å². The first-order valence-corrected chi connectivity index (χ1v) is 11.7. The van der Waals surface area contributed by atoms with Crippen molar-refractivity contribution in [3.63, 3.8) is 0 Å². The minimum absolute atomic E-state index is 0.155. The van der Waals surface area contributed by atoms with Crippen LogP contribution < -0.4 is 20.3 Å². The maximum absolute atomic E-state index is 13.2. The van der Waals surface area contributed by atoms with E-state index in [0.717, 1.165) is 37.2 Å². The number of halogens is 1. The Balaban J connectivity index is 1.46. The molecule has 0 saturated carbocycles. The normalized spacial score (nSPS) is 13.3. The number of hydrogen-bond acceptors (Lipinski definition) is 5. The van der Waals surface area contributed by atoms with Crippen LogP contribution in [-0.4, -0.2) is 36.5 Å². The minimum Gasteiger partial charge on any atom is -0.484 e. The number of hydrogen-bond donors (Lipinski definition) is 2. The number of rotatable bonds is 8. The lowest BCUT2D eigenvalue weighted by molar-refractivity contribution is -0.118. The number of piperidine rings is 1. The fourth-order valence-corrected chi connectivity index (χ4v) is 3.99. The van der Waals surface area contributed by atoms with E-state index in [1.54, 1.807) is 42.7 Å². The number of anilines is 2. The van der Waals surface area contributed by atoms with E-state index in [2.05, 4.69) is 20.5 Å². The minimum atomic E-state index is -0.317. The van der Waals surface area contributed by atoms with Gasteiger partial charge in [0, 0.05) is 48.4 Å². The third-order valence-electron chi connectivity index (χ3n) is 5.58. The van der Waals surface area contributed by atoms with Crippen molar-refractivity contribution in [2.45, 2.75) is 25.8 Å². The summed E-state index contributed by atoms with van der Waals surface area (Å²) < 4.78 is 5.52. The summed E-state index contributed by atoms with van der Waals surface area (Å²) in [6.07, 6.45) is 6.81. The number of carbonyl (C=O) groups excluding carboxylic acids is 2. The molecule has 1 aliphatic rings. The van der Waals surface area contributed by atoms with Gasteiger partial charge in [0.1, 0.15) is 5.75 Å². The molecule has 34 heavy (non-hydrogen) atoms. The van der Waals surface area contributed by atoms with E-state index < -0.39 is 0 Å². The second-order valence-corrected chi connectivity index (χ2v) is 8.55. The summed E-state index contributed by atoms with van der Waals surface area (Å²) in [4.78, 5) is 31.9. The van der Waals surface area contributed by atoms with Gasteiger partial charge in [0.2, 0.25) is 0 Å². The molecule has 0 bridgehead atoms. The lowest BCUT2D eigenvalue weighted by Crippen LogP contribution is -2.33. The summed E-state index contributed by atoms with van der Waals surface area (Å²) in [5.74, 6) is 0.0378. The van der Waals surface area contributed by atoms with Crippen LogP contribution in [0.4, 0.5) is 11.4 Å². The molecule has 1 fully saturated rings. The van der Waals surface area contributed by atoms with Crippen LogP contribution in [0, 0.1) is 0 Å². The van der Waals surface area contributed by atoms with Gasteiger partial charge in [0.25, 0.3) is 11.8 Å². The maximum Gasteiger partial charge on any atom is 0.262 e. The van der Waals surface area contributed by atoms with Crippen molar-refractivity contribution in [2.75, 3.05) is 29.9 Å². The molecule has 0 spiro atoms. The molecule has 8 heteroatoms. The molecule has 0 radical (unpaired) electrons. The van der Waals surface area contributed by atoms with E-state index in [9.17, 15) is 9.59 Å². The predicted octanol–water partition coefficient (Wildman–Crippen LogP) is 4.67. The fourth-order valence-electron chi connectivity index (χ4n) is 3.86. The van der Waals surface area contributed by atoms with Crippen LogP contribution >= 0.6 is 11.6 Å². The van der Waals surface area contributed by atoms with Crippen LogP contribution in [0.2, 0.25) is 5.02 Å². The SMILES string of the molecule is O=C(COc1ccc(Cl)cc1)Nc1ccc(N2CCCCC2)c(C(=O)NCc2cccnc2)c1. The lowest BCUT2D eigenvalue weighted by atomic mass is 10.1. The second kappa shape index (κ2) is 11.5. The van der Waals surface area contributed by atoms with Gasteiger partial charge >= 0.3 is 0 Å². The molecule has 0 unspecified atom stereocenters. The summed E-state index contributed by atoms with van der Waals surface area (Å²) in [6, 6.07) is 16.0. The molecule has 2 amide bonds. The number of amides is 2. The van der Waals surface area contributed by atoms with E-state index >= 15 is 0 Å². The van der Waals surface area contributed by atoms with Crippen molar-refractivity contribution in [1.29, 1.82) is 0 Å². The molecule has 1 aromatic heterocycles. The van der Waals surface area contributed by atoms with Crippen molar-refractivity contribution in [3.8, 4) is 5.75 Å². The Kier molecular flexibility index (Phi) is 7.99. The lowest BCUT2D eigenvalue weighted by Gasteiger charge is -2.30. The molecule has 2 N–H and O–H groups in total. The smallest absolute Gasteiger partial charge is 0.262 e. The Morgan fingerprint density at radius 2 is 1.82 bits per heavy atom. The first-order chi connectivity index (χ1) is 16.6. The highest BCUT2D eigenvalue weighted by molar-refractivity contribution is 6.30. The van der Waals surface area contributed by atoms with Gasteiger partial charge in [-0.3, -0.25) is 14.6 Å². The third-order valence-corrected chi connectivity index (χ3v) is 5.83. The number of nitrogens with one attached hydrogen (secondary N) is 2. The Hall–Kier alpha value is -3.58. The van der Waals surface area contributed by atoms with E-state index in [1.165, 1.54) is 6.42 Å².